The molecule has 0 aliphatic rings. The van der Waals surface area contributed by atoms with Crippen LogP contribution in [0.15, 0.2) is 24.3 Å². The highest BCUT2D eigenvalue weighted by Crippen LogP contribution is 2.21. The maximum atomic E-state index is 13.1. The first-order valence-electron chi connectivity index (χ1n) is 5.02. The number of rotatable bonds is 3. The van der Waals surface area contributed by atoms with Crippen molar-refractivity contribution >= 4 is 0 Å². The summed E-state index contributed by atoms with van der Waals surface area (Å²) in [4.78, 5) is 0. The van der Waals surface area contributed by atoms with Gasteiger partial charge in [-0.3, -0.25) is 5.10 Å². The van der Waals surface area contributed by atoms with Gasteiger partial charge in [-0.2, -0.15) is 5.10 Å². The number of aromatic nitrogens is 2. The molecule has 0 radical (unpaired) electrons. The fraction of sp³-hybridized carbons (Fsp3) is 0.250. The summed E-state index contributed by atoms with van der Waals surface area (Å²) in [5.41, 5.74) is 2.67. The summed E-state index contributed by atoms with van der Waals surface area (Å²) in [6, 6.07) is 6.43. The molecule has 0 saturated heterocycles. The van der Waals surface area contributed by atoms with Crippen LogP contribution >= 0.6 is 0 Å². The number of H-pyrrole nitrogens is 1. The lowest BCUT2D eigenvalue weighted by molar-refractivity contribution is 0.409. The molecule has 1 aromatic carbocycles. The largest absolute Gasteiger partial charge is 0.496 e. The smallest absolute Gasteiger partial charge is 0.123 e. The Hall–Kier alpha value is -1.84. The predicted octanol–water partition coefficient (Wildman–Crippen LogP) is 2.46. The molecule has 0 spiro atoms. The Balaban J connectivity index is 2.29. The van der Waals surface area contributed by atoms with Crippen LogP contribution in [0.1, 0.15) is 17.0 Å². The lowest BCUT2D eigenvalue weighted by Crippen LogP contribution is -1.95. The van der Waals surface area contributed by atoms with E-state index in [-0.39, 0.29) is 5.82 Å². The molecule has 1 aromatic heterocycles. The SMILES string of the molecule is COc1ccc(F)cc1Cc1cc(C)[nH]n1. The minimum Gasteiger partial charge on any atom is -0.496 e. The van der Waals surface area contributed by atoms with E-state index in [2.05, 4.69) is 10.2 Å². The zero-order chi connectivity index (χ0) is 11.5. The van der Waals surface area contributed by atoms with Crippen molar-refractivity contribution in [3.05, 3.63) is 47.0 Å². The van der Waals surface area contributed by atoms with Crippen LogP contribution in [0.3, 0.4) is 0 Å². The molecular formula is C12H13FN2O. The number of methoxy groups -OCH3 is 1. The van der Waals surface area contributed by atoms with E-state index in [1.54, 1.807) is 13.2 Å². The van der Waals surface area contributed by atoms with Gasteiger partial charge in [0.25, 0.3) is 0 Å². The Bertz CT molecular complexity index is 494. The molecule has 84 valence electrons. The molecule has 3 nitrogen and oxygen atoms in total. The second-order valence-electron chi connectivity index (χ2n) is 3.68. The summed E-state index contributed by atoms with van der Waals surface area (Å²) >= 11 is 0. The first-order valence-corrected chi connectivity index (χ1v) is 5.02. The Kier molecular flexibility index (Phi) is 2.90. The number of benzene rings is 1. The number of aryl methyl sites for hydroxylation is 1. The third-order valence-electron chi connectivity index (χ3n) is 2.37. The summed E-state index contributed by atoms with van der Waals surface area (Å²) in [5.74, 6) is 0.421. The Labute approximate surface area is 93.3 Å². The summed E-state index contributed by atoms with van der Waals surface area (Å²) in [5, 5.41) is 6.97. The lowest BCUT2D eigenvalue weighted by Gasteiger charge is -2.06. The van der Waals surface area contributed by atoms with Gasteiger partial charge in [-0.05, 0) is 31.2 Å². The number of ether oxygens (including phenoxy) is 1. The fourth-order valence-electron chi connectivity index (χ4n) is 1.65. The molecule has 1 heterocycles. The van der Waals surface area contributed by atoms with E-state index >= 15 is 0 Å². The van der Waals surface area contributed by atoms with Crippen molar-refractivity contribution in [2.24, 2.45) is 0 Å². The van der Waals surface area contributed by atoms with E-state index in [4.69, 9.17) is 4.74 Å². The van der Waals surface area contributed by atoms with Crippen LogP contribution in [0.5, 0.6) is 5.75 Å². The Morgan fingerprint density at radius 3 is 2.81 bits per heavy atom. The van der Waals surface area contributed by atoms with Crippen LogP contribution in [-0.4, -0.2) is 17.3 Å². The highest BCUT2D eigenvalue weighted by atomic mass is 19.1. The third-order valence-corrected chi connectivity index (χ3v) is 2.37. The zero-order valence-corrected chi connectivity index (χ0v) is 9.25. The van der Waals surface area contributed by atoms with Gasteiger partial charge >= 0.3 is 0 Å². The van der Waals surface area contributed by atoms with Crippen LogP contribution in [0.4, 0.5) is 4.39 Å². The van der Waals surface area contributed by atoms with E-state index in [0.29, 0.717) is 12.2 Å². The lowest BCUT2D eigenvalue weighted by atomic mass is 10.1. The number of nitrogens with one attached hydrogen (secondary N) is 1. The van der Waals surface area contributed by atoms with E-state index in [1.165, 1.54) is 12.1 Å². The van der Waals surface area contributed by atoms with E-state index in [1.807, 2.05) is 13.0 Å². The van der Waals surface area contributed by atoms with Crippen LogP contribution < -0.4 is 4.74 Å². The fourth-order valence-corrected chi connectivity index (χ4v) is 1.65. The van der Waals surface area contributed by atoms with Crippen molar-refractivity contribution in [3.8, 4) is 5.75 Å². The van der Waals surface area contributed by atoms with Gasteiger partial charge in [0, 0.05) is 17.7 Å². The molecule has 0 bridgehead atoms. The van der Waals surface area contributed by atoms with Crippen LogP contribution in [0, 0.1) is 12.7 Å². The van der Waals surface area contributed by atoms with Crippen molar-refractivity contribution in [3.63, 3.8) is 0 Å². The molecule has 0 unspecified atom stereocenters. The molecular weight excluding hydrogens is 207 g/mol. The summed E-state index contributed by atoms with van der Waals surface area (Å²) in [7, 11) is 1.58. The van der Waals surface area contributed by atoms with Crippen molar-refractivity contribution < 1.29 is 9.13 Å². The van der Waals surface area contributed by atoms with Crippen LogP contribution in [0.2, 0.25) is 0 Å². The van der Waals surface area contributed by atoms with Crippen molar-refractivity contribution in [1.82, 2.24) is 10.2 Å². The van der Waals surface area contributed by atoms with Gasteiger partial charge in [0.2, 0.25) is 0 Å². The Morgan fingerprint density at radius 1 is 1.38 bits per heavy atom. The molecule has 0 saturated carbocycles. The van der Waals surface area contributed by atoms with Gasteiger partial charge in [-0.25, -0.2) is 4.39 Å². The van der Waals surface area contributed by atoms with E-state index in [0.717, 1.165) is 17.0 Å². The number of nitrogens with zero attached hydrogens (tertiary/aromatic N) is 1. The van der Waals surface area contributed by atoms with Gasteiger partial charge in [-0.1, -0.05) is 0 Å². The quantitative estimate of drug-likeness (QED) is 0.862. The molecule has 16 heavy (non-hydrogen) atoms. The minimum atomic E-state index is -0.261. The minimum absolute atomic E-state index is 0.261. The second kappa shape index (κ2) is 4.35. The molecule has 0 atom stereocenters. The topological polar surface area (TPSA) is 37.9 Å². The standard InChI is InChI=1S/C12H13FN2O/c1-8-5-11(15-14-8)7-9-6-10(13)3-4-12(9)16-2/h3-6H,7H2,1-2H3,(H,14,15). The number of aromatic amines is 1. The van der Waals surface area contributed by atoms with Crippen molar-refractivity contribution in [2.75, 3.05) is 7.11 Å². The third kappa shape index (κ3) is 2.21. The monoisotopic (exact) mass is 220 g/mol. The summed E-state index contributed by atoms with van der Waals surface area (Å²) in [6.07, 6.45) is 0.561. The highest BCUT2D eigenvalue weighted by molar-refractivity contribution is 5.36. The maximum absolute atomic E-state index is 13.1. The molecule has 1 N–H and O–H groups in total. The molecule has 0 aliphatic heterocycles. The molecule has 0 aliphatic carbocycles. The van der Waals surface area contributed by atoms with Crippen LogP contribution in [0.25, 0.3) is 0 Å². The van der Waals surface area contributed by atoms with Gasteiger partial charge in [0.1, 0.15) is 11.6 Å². The Morgan fingerprint density at radius 2 is 2.19 bits per heavy atom. The average molecular weight is 220 g/mol. The number of hydrogen-bond acceptors (Lipinski definition) is 2. The zero-order valence-electron chi connectivity index (χ0n) is 9.25. The normalized spacial score (nSPS) is 10.4. The molecule has 0 amide bonds. The number of halogens is 1. The maximum Gasteiger partial charge on any atom is 0.123 e. The van der Waals surface area contributed by atoms with E-state index < -0.39 is 0 Å². The van der Waals surface area contributed by atoms with Crippen molar-refractivity contribution in [2.45, 2.75) is 13.3 Å². The van der Waals surface area contributed by atoms with Gasteiger partial charge < -0.3 is 4.74 Å². The average Bonchev–Trinajstić information content (AvgIpc) is 2.64. The summed E-state index contributed by atoms with van der Waals surface area (Å²) < 4.78 is 18.3. The second-order valence-corrected chi connectivity index (χ2v) is 3.68. The molecule has 4 heteroatoms. The molecule has 2 aromatic rings. The summed E-state index contributed by atoms with van der Waals surface area (Å²) in [6.45, 7) is 1.93. The van der Waals surface area contributed by atoms with Crippen molar-refractivity contribution in [1.29, 1.82) is 0 Å². The van der Waals surface area contributed by atoms with E-state index in [9.17, 15) is 4.39 Å². The van der Waals surface area contributed by atoms with Gasteiger partial charge in [0.15, 0.2) is 0 Å². The van der Waals surface area contributed by atoms with Gasteiger partial charge in [0.05, 0.1) is 12.8 Å². The highest BCUT2D eigenvalue weighted by Gasteiger charge is 2.07. The number of hydrogen-bond donors (Lipinski definition) is 1. The molecule has 2 rings (SSSR count). The predicted molar refractivity (Wildman–Crippen MR) is 59.1 cm³/mol. The first-order chi connectivity index (χ1) is 7.69. The van der Waals surface area contributed by atoms with Gasteiger partial charge in [-0.15, -0.1) is 0 Å². The molecule has 0 fully saturated rings. The van der Waals surface area contributed by atoms with Crippen LogP contribution in [-0.2, 0) is 6.42 Å². The first kappa shape index (κ1) is 10.7.